The lowest BCUT2D eigenvalue weighted by Crippen LogP contribution is -2.29. The molecule has 1 fully saturated rings. The number of hydrazone groups is 1. The minimum Gasteiger partial charge on any atom is -0.382 e. The summed E-state index contributed by atoms with van der Waals surface area (Å²) in [5.41, 5.74) is 0. The molecule has 92 valence electrons. The van der Waals surface area contributed by atoms with Gasteiger partial charge in [-0.3, -0.25) is 15.1 Å². The minimum absolute atomic E-state index is 0.0632. The lowest BCUT2D eigenvalue weighted by Gasteiger charge is -2.20. The van der Waals surface area contributed by atoms with Gasteiger partial charge >= 0.3 is 0 Å². The molecule has 0 radical (unpaired) electrons. The molecule has 0 bridgehead atoms. The van der Waals surface area contributed by atoms with Crippen LogP contribution in [0.2, 0.25) is 0 Å². The Balaban J connectivity index is 2.39. The predicted octanol–water partition coefficient (Wildman–Crippen LogP) is 0.996. The zero-order valence-electron chi connectivity index (χ0n) is 9.83. The van der Waals surface area contributed by atoms with E-state index in [4.69, 9.17) is 4.74 Å². The van der Waals surface area contributed by atoms with E-state index in [9.17, 15) is 10.1 Å². The maximum Gasteiger partial charge on any atom is 0.211 e. The molecule has 0 aromatic rings. The van der Waals surface area contributed by atoms with Gasteiger partial charge in [-0.05, 0) is 12.8 Å². The van der Waals surface area contributed by atoms with E-state index in [1.54, 1.807) is 20.2 Å². The molecule has 1 aliphatic rings. The number of nitrogens with zero attached hydrogens (tertiary/aromatic N) is 3. The molecule has 0 unspecified atom stereocenters. The van der Waals surface area contributed by atoms with Crippen LogP contribution in [0.5, 0.6) is 0 Å². The molecule has 6 heteroatoms. The van der Waals surface area contributed by atoms with Gasteiger partial charge in [0.25, 0.3) is 0 Å². The summed E-state index contributed by atoms with van der Waals surface area (Å²) in [6, 6.07) is 0.323. The standard InChI is InChI=1S/C10H19N3O3/c1-9(7-13(14)15)6-11-12-5-3-4-10(12)8-16-2/h6,9-10H,3-5,7-8H2,1-2H3/b11-6+/t9-,10+/m1/s1. The molecule has 0 spiro atoms. The Hall–Kier alpha value is -1.17. The van der Waals surface area contributed by atoms with Crippen molar-refractivity contribution in [2.75, 3.05) is 26.8 Å². The van der Waals surface area contributed by atoms with Crippen molar-refractivity contribution in [3.8, 4) is 0 Å². The van der Waals surface area contributed by atoms with Crippen molar-refractivity contribution in [2.45, 2.75) is 25.8 Å². The fourth-order valence-corrected chi connectivity index (χ4v) is 1.82. The Kier molecular flexibility index (Phi) is 5.18. The minimum atomic E-state index is -0.312. The first-order chi connectivity index (χ1) is 7.63. The van der Waals surface area contributed by atoms with Gasteiger partial charge in [0.2, 0.25) is 6.54 Å². The van der Waals surface area contributed by atoms with E-state index in [2.05, 4.69) is 5.10 Å². The van der Waals surface area contributed by atoms with Crippen LogP contribution in [0.25, 0.3) is 0 Å². The van der Waals surface area contributed by atoms with Gasteiger partial charge in [0, 0.05) is 24.8 Å². The van der Waals surface area contributed by atoms with Crippen LogP contribution in [0.4, 0.5) is 0 Å². The second-order valence-corrected chi connectivity index (χ2v) is 4.17. The van der Waals surface area contributed by atoms with Crippen LogP contribution < -0.4 is 0 Å². The molecule has 6 nitrogen and oxygen atoms in total. The van der Waals surface area contributed by atoms with E-state index < -0.39 is 0 Å². The van der Waals surface area contributed by atoms with Crippen LogP contribution in [0.15, 0.2) is 5.10 Å². The molecule has 1 heterocycles. The Morgan fingerprint density at radius 3 is 3.12 bits per heavy atom. The summed E-state index contributed by atoms with van der Waals surface area (Å²) in [5, 5.41) is 16.6. The third-order valence-electron chi connectivity index (χ3n) is 2.61. The van der Waals surface area contributed by atoms with E-state index >= 15 is 0 Å². The highest BCUT2D eigenvalue weighted by atomic mass is 16.6. The zero-order chi connectivity index (χ0) is 12.0. The fourth-order valence-electron chi connectivity index (χ4n) is 1.82. The summed E-state index contributed by atoms with van der Waals surface area (Å²) >= 11 is 0. The Morgan fingerprint density at radius 2 is 2.50 bits per heavy atom. The molecule has 1 saturated heterocycles. The fraction of sp³-hybridized carbons (Fsp3) is 0.900. The highest BCUT2D eigenvalue weighted by molar-refractivity contribution is 5.59. The normalized spacial score (nSPS) is 22.9. The number of nitro groups is 1. The van der Waals surface area contributed by atoms with E-state index in [1.165, 1.54) is 0 Å². The average Bonchev–Trinajstić information content (AvgIpc) is 2.62. The van der Waals surface area contributed by atoms with Gasteiger partial charge in [-0.15, -0.1) is 0 Å². The molecule has 16 heavy (non-hydrogen) atoms. The number of rotatable bonds is 6. The first-order valence-corrected chi connectivity index (χ1v) is 5.55. The van der Waals surface area contributed by atoms with Crippen LogP contribution in [-0.4, -0.2) is 49.0 Å². The molecule has 0 N–H and O–H groups in total. The molecular weight excluding hydrogens is 210 g/mol. The van der Waals surface area contributed by atoms with Crippen molar-refractivity contribution in [3.05, 3.63) is 10.1 Å². The van der Waals surface area contributed by atoms with E-state index in [-0.39, 0.29) is 17.4 Å². The topological polar surface area (TPSA) is 68.0 Å². The molecule has 0 aromatic heterocycles. The van der Waals surface area contributed by atoms with Crippen molar-refractivity contribution in [1.29, 1.82) is 0 Å². The monoisotopic (exact) mass is 229 g/mol. The summed E-state index contributed by atoms with van der Waals surface area (Å²) in [6.07, 6.45) is 3.85. The zero-order valence-corrected chi connectivity index (χ0v) is 9.83. The smallest absolute Gasteiger partial charge is 0.211 e. The maximum atomic E-state index is 10.3. The third-order valence-corrected chi connectivity index (χ3v) is 2.61. The summed E-state index contributed by atoms with van der Waals surface area (Å²) in [7, 11) is 1.68. The molecule has 2 atom stereocenters. The van der Waals surface area contributed by atoms with Crippen molar-refractivity contribution >= 4 is 6.21 Å². The lowest BCUT2D eigenvalue weighted by atomic mass is 10.2. The third kappa shape index (κ3) is 4.14. The van der Waals surface area contributed by atoms with Crippen molar-refractivity contribution in [3.63, 3.8) is 0 Å². The quantitative estimate of drug-likeness (QED) is 0.387. The second-order valence-electron chi connectivity index (χ2n) is 4.17. The van der Waals surface area contributed by atoms with Gasteiger partial charge in [0.05, 0.1) is 18.6 Å². The van der Waals surface area contributed by atoms with Crippen LogP contribution in [-0.2, 0) is 4.74 Å². The maximum absolute atomic E-state index is 10.3. The van der Waals surface area contributed by atoms with Gasteiger partial charge < -0.3 is 4.74 Å². The first-order valence-electron chi connectivity index (χ1n) is 5.55. The predicted molar refractivity (Wildman–Crippen MR) is 61.1 cm³/mol. The first kappa shape index (κ1) is 12.9. The highest BCUT2D eigenvalue weighted by Gasteiger charge is 2.22. The van der Waals surface area contributed by atoms with Crippen molar-refractivity contribution in [2.24, 2.45) is 11.0 Å². The number of hydrogen-bond acceptors (Lipinski definition) is 5. The SMILES string of the molecule is COC[C@@H]1CCCN1/N=C/[C@@H](C)C[N+](=O)[O-]. The molecule has 0 aromatic carbocycles. The highest BCUT2D eigenvalue weighted by Crippen LogP contribution is 2.17. The summed E-state index contributed by atoms with van der Waals surface area (Å²) in [5.74, 6) is -0.126. The van der Waals surface area contributed by atoms with Crippen LogP contribution in [0.3, 0.4) is 0 Å². The van der Waals surface area contributed by atoms with Crippen molar-refractivity contribution in [1.82, 2.24) is 5.01 Å². The molecule has 0 saturated carbocycles. The number of hydrogen-bond donors (Lipinski definition) is 0. The Labute approximate surface area is 95.4 Å². The van der Waals surface area contributed by atoms with Gasteiger partial charge in [-0.2, -0.15) is 5.10 Å². The van der Waals surface area contributed by atoms with Crippen LogP contribution >= 0.6 is 0 Å². The van der Waals surface area contributed by atoms with Gasteiger partial charge in [0.15, 0.2) is 0 Å². The number of ether oxygens (including phenoxy) is 1. The summed E-state index contributed by atoms with van der Waals surface area (Å²) < 4.78 is 5.10. The molecule has 0 amide bonds. The Bertz CT molecular complexity index is 258. The molecule has 0 aliphatic carbocycles. The summed E-state index contributed by atoms with van der Waals surface area (Å²) in [6.45, 7) is 3.32. The van der Waals surface area contributed by atoms with Crippen molar-refractivity contribution < 1.29 is 9.66 Å². The summed E-state index contributed by atoms with van der Waals surface area (Å²) in [4.78, 5) is 9.97. The van der Waals surface area contributed by atoms with Crippen LogP contribution in [0, 0.1) is 16.0 Å². The van der Waals surface area contributed by atoms with E-state index in [1.807, 2.05) is 5.01 Å². The molecule has 1 rings (SSSR count). The van der Waals surface area contributed by atoms with Gasteiger partial charge in [-0.25, -0.2) is 0 Å². The van der Waals surface area contributed by atoms with Gasteiger partial charge in [0.1, 0.15) is 0 Å². The van der Waals surface area contributed by atoms with E-state index in [0.29, 0.717) is 12.6 Å². The number of methoxy groups -OCH3 is 1. The molecular formula is C10H19N3O3. The second kappa shape index (κ2) is 6.42. The van der Waals surface area contributed by atoms with Crippen LogP contribution in [0.1, 0.15) is 19.8 Å². The lowest BCUT2D eigenvalue weighted by molar-refractivity contribution is -0.483. The van der Waals surface area contributed by atoms with E-state index in [0.717, 1.165) is 19.4 Å². The Morgan fingerprint density at radius 1 is 1.75 bits per heavy atom. The average molecular weight is 229 g/mol. The molecule has 1 aliphatic heterocycles. The van der Waals surface area contributed by atoms with Gasteiger partial charge in [-0.1, -0.05) is 6.92 Å². The largest absolute Gasteiger partial charge is 0.382 e.